The third-order valence-corrected chi connectivity index (χ3v) is 2.49. The van der Waals surface area contributed by atoms with Gasteiger partial charge in [-0.15, -0.1) is 0 Å². The van der Waals surface area contributed by atoms with Crippen LogP contribution in [0.2, 0.25) is 5.15 Å². The maximum absolute atomic E-state index is 12.8. The van der Waals surface area contributed by atoms with Crippen molar-refractivity contribution < 1.29 is 9.31 Å². The molecule has 2 aromatic rings. The first-order chi connectivity index (χ1) is 8.08. The van der Waals surface area contributed by atoms with Gasteiger partial charge in [-0.1, -0.05) is 23.7 Å². The summed E-state index contributed by atoms with van der Waals surface area (Å²) in [4.78, 5) is 13.8. The molecule has 4 nitrogen and oxygen atoms in total. The Hall–Kier alpha value is -2.01. The molecule has 0 aliphatic carbocycles. The van der Waals surface area contributed by atoms with Crippen molar-refractivity contribution in [2.45, 2.75) is 0 Å². The van der Waals surface area contributed by atoms with E-state index in [2.05, 4.69) is 4.98 Å². The lowest BCUT2D eigenvalue weighted by Crippen LogP contribution is -1.91. The van der Waals surface area contributed by atoms with Crippen LogP contribution in [0.3, 0.4) is 0 Å². The third kappa shape index (κ3) is 2.39. The summed E-state index contributed by atoms with van der Waals surface area (Å²) < 4.78 is 12.8. The predicted molar refractivity (Wildman–Crippen MR) is 61.3 cm³/mol. The molecule has 6 heteroatoms. The summed E-state index contributed by atoms with van der Waals surface area (Å²) in [5.41, 5.74) is 0.821. The van der Waals surface area contributed by atoms with Crippen molar-refractivity contribution in [3.63, 3.8) is 0 Å². The van der Waals surface area contributed by atoms with Crippen molar-refractivity contribution in [2.75, 3.05) is 0 Å². The minimum Gasteiger partial charge on any atom is -0.258 e. The van der Waals surface area contributed by atoms with E-state index in [9.17, 15) is 14.5 Å². The van der Waals surface area contributed by atoms with Gasteiger partial charge in [0, 0.05) is 11.6 Å². The van der Waals surface area contributed by atoms with Crippen LogP contribution in [0.4, 0.5) is 10.1 Å². The average molecular weight is 253 g/mol. The van der Waals surface area contributed by atoms with E-state index in [1.165, 1.54) is 30.3 Å². The number of halogens is 2. The minimum absolute atomic E-state index is 0.141. The number of hydrogen-bond acceptors (Lipinski definition) is 3. The van der Waals surface area contributed by atoms with Crippen molar-refractivity contribution in [2.24, 2.45) is 0 Å². The van der Waals surface area contributed by atoms with Gasteiger partial charge in [0.15, 0.2) is 0 Å². The summed E-state index contributed by atoms with van der Waals surface area (Å²) in [7, 11) is 0. The molecule has 0 aliphatic rings. The Bertz CT molecular complexity index is 572. The fraction of sp³-hybridized carbons (Fsp3) is 0. The summed E-state index contributed by atoms with van der Waals surface area (Å²) in [5, 5.41) is 10.8. The Morgan fingerprint density at radius 1 is 1.29 bits per heavy atom. The van der Waals surface area contributed by atoms with Crippen LogP contribution in [0.5, 0.6) is 0 Å². The number of aromatic nitrogens is 1. The lowest BCUT2D eigenvalue weighted by molar-refractivity contribution is -0.385. The smallest absolute Gasteiger partial charge is 0.258 e. The van der Waals surface area contributed by atoms with Gasteiger partial charge < -0.3 is 0 Å². The molecule has 0 radical (unpaired) electrons. The Kier molecular flexibility index (Phi) is 3.01. The minimum atomic E-state index is -0.559. The molecule has 0 fully saturated rings. The van der Waals surface area contributed by atoms with Gasteiger partial charge in [-0.3, -0.25) is 10.1 Å². The van der Waals surface area contributed by atoms with Crippen LogP contribution in [0.25, 0.3) is 11.1 Å². The highest BCUT2D eigenvalue weighted by Crippen LogP contribution is 2.29. The number of pyridine rings is 1. The van der Waals surface area contributed by atoms with Gasteiger partial charge in [0.1, 0.15) is 17.2 Å². The summed E-state index contributed by atoms with van der Waals surface area (Å²) in [6.07, 6.45) is 1.08. The summed E-state index contributed by atoms with van der Waals surface area (Å²) in [6.45, 7) is 0. The molecule has 86 valence electrons. The summed E-state index contributed by atoms with van der Waals surface area (Å²) in [5.74, 6) is -0.386. The number of hydrogen-bond donors (Lipinski definition) is 0. The highest BCUT2D eigenvalue weighted by atomic mass is 35.5. The fourth-order valence-electron chi connectivity index (χ4n) is 1.37. The van der Waals surface area contributed by atoms with E-state index in [-0.39, 0.29) is 16.7 Å². The second-order valence-corrected chi connectivity index (χ2v) is 3.65. The molecule has 0 saturated carbocycles. The second-order valence-electron chi connectivity index (χ2n) is 3.30. The molecular weight excluding hydrogens is 247 g/mol. The Morgan fingerprint density at radius 2 is 1.94 bits per heavy atom. The first kappa shape index (κ1) is 11.5. The van der Waals surface area contributed by atoms with Gasteiger partial charge in [0.2, 0.25) is 0 Å². The van der Waals surface area contributed by atoms with Crippen LogP contribution in [-0.2, 0) is 0 Å². The van der Waals surface area contributed by atoms with Crippen LogP contribution >= 0.6 is 11.6 Å². The highest BCUT2D eigenvalue weighted by molar-refractivity contribution is 6.32. The fourth-order valence-corrected chi connectivity index (χ4v) is 1.58. The maximum Gasteiger partial charge on any atom is 0.288 e. The van der Waals surface area contributed by atoms with E-state index >= 15 is 0 Å². The van der Waals surface area contributed by atoms with Crippen LogP contribution in [-0.4, -0.2) is 9.91 Å². The van der Waals surface area contributed by atoms with E-state index in [0.29, 0.717) is 11.1 Å². The van der Waals surface area contributed by atoms with Gasteiger partial charge in [-0.25, -0.2) is 9.37 Å². The Balaban J connectivity index is 2.54. The highest BCUT2D eigenvalue weighted by Gasteiger charge is 2.12. The molecule has 2 rings (SSSR count). The molecule has 1 heterocycles. The van der Waals surface area contributed by atoms with Crippen molar-refractivity contribution in [3.8, 4) is 11.1 Å². The Morgan fingerprint density at radius 3 is 2.53 bits per heavy atom. The Labute approximate surface area is 101 Å². The lowest BCUT2D eigenvalue weighted by Gasteiger charge is -2.03. The van der Waals surface area contributed by atoms with Gasteiger partial charge in [0.25, 0.3) is 5.69 Å². The van der Waals surface area contributed by atoms with Crippen LogP contribution < -0.4 is 0 Å². The SMILES string of the molecule is O=[N+]([O-])c1cnc(Cl)c(-c2ccc(F)cc2)c1. The van der Waals surface area contributed by atoms with Crippen LogP contribution in [0.1, 0.15) is 0 Å². The molecule has 0 amide bonds. The monoisotopic (exact) mass is 252 g/mol. The zero-order valence-electron chi connectivity index (χ0n) is 8.43. The zero-order valence-corrected chi connectivity index (χ0v) is 9.19. The first-order valence-corrected chi connectivity index (χ1v) is 5.01. The van der Waals surface area contributed by atoms with Gasteiger partial charge in [0.05, 0.1) is 4.92 Å². The maximum atomic E-state index is 12.8. The topological polar surface area (TPSA) is 56.0 Å². The molecule has 17 heavy (non-hydrogen) atoms. The van der Waals surface area contributed by atoms with Crippen molar-refractivity contribution in [1.82, 2.24) is 4.98 Å². The normalized spacial score (nSPS) is 10.2. The largest absolute Gasteiger partial charge is 0.288 e. The number of nitrogens with zero attached hydrogens (tertiary/aromatic N) is 2. The van der Waals surface area contributed by atoms with Crippen LogP contribution in [0.15, 0.2) is 36.5 Å². The third-order valence-electron chi connectivity index (χ3n) is 2.19. The van der Waals surface area contributed by atoms with E-state index in [1.807, 2.05) is 0 Å². The molecule has 0 atom stereocenters. The lowest BCUT2D eigenvalue weighted by atomic mass is 10.1. The number of nitro groups is 1. The molecule has 0 bridgehead atoms. The molecule has 0 saturated heterocycles. The van der Waals surface area contributed by atoms with E-state index in [0.717, 1.165) is 6.20 Å². The molecule has 1 aromatic carbocycles. The van der Waals surface area contributed by atoms with Crippen molar-refractivity contribution >= 4 is 17.3 Å². The number of benzene rings is 1. The summed E-state index contributed by atoms with van der Waals surface area (Å²) in [6, 6.07) is 6.79. The first-order valence-electron chi connectivity index (χ1n) is 4.64. The van der Waals surface area contributed by atoms with Gasteiger partial charge in [-0.05, 0) is 17.7 Å². The quantitative estimate of drug-likeness (QED) is 0.467. The molecule has 0 unspecified atom stereocenters. The van der Waals surface area contributed by atoms with E-state index in [4.69, 9.17) is 11.6 Å². The summed E-state index contributed by atoms with van der Waals surface area (Å²) >= 11 is 5.85. The second kappa shape index (κ2) is 4.47. The van der Waals surface area contributed by atoms with Crippen molar-refractivity contribution in [3.05, 3.63) is 57.6 Å². The molecule has 1 aromatic heterocycles. The zero-order chi connectivity index (χ0) is 12.4. The van der Waals surface area contributed by atoms with Crippen LogP contribution in [0, 0.1) is 15.9 Å². The van der Waals surface area contributed by atoms with Gasteiger partial charge in [-0.2, -0.15) is 0 Å². The van der Waals surface area contributed by atoms with Crippen molar-refractivity contribution in [1.29, 1.82) is 0 Å². The predicted octanol–water partition coefficient (Wildman–Crippen LogP) is 3.45. The molecule has 0 aliphatic heterocycles. The average Bonchev–Trinajstić information content (AvgIpc) is 2.31. The standard InChI is InChI=1S/C11H6ClFN2O2/c12-11-10(5-9(6-14-11)15(16)17)7-1-3-8(13)4-2-7/h1-6H. The van der Waals surface area contributed by atoms with E-state index in [1.54, 1.807) is 0 Å². The molecule has 0 spiro atoms. The van der Waals surface area contributed by atoms with Gasteiger partial charge >= 0.3 is 0 Å². The number of rotatable bonds is 2. The molecular formula is C11H6ClFN2O2. The van der Waals surface area contributed by atoms with E-state index < -0.39 is 4.92 Å². The molecule has 0 N–H and O–H groups in total.